The van der Waals surface area contributed by atoms with Crippen LogP contribution in [0.2, 0.25) is 0 Å². The molecule has 0 rings (SSSR count). The second kappa shape index (κ2) is 4.06. The SMILES string of the molecule is CCC(CF)NC. The summed E-state index contributed by atoms with van der Waals surface area (Å²) in [5.74, 6) is 0. The van der Waals surface area contributed by atoms with E-state index in [9.17, 15) is 4.39 Å². The number of rotatable bonds is 3. The third-order valence-electron chi connectivity index (χ3n) is 1.09. The molecule has 0 aliphatic rings. The van der Waals surface area contributed by atoms with E-state index in [-0.39, 0.29) is 12.7 Å². The van der Waals surface area contributed by atoms with Crippen molar-refractivity contribution in [1.82, 2.24) is 5.32 Å². The molecule has 7 heavy (non-hydrogen) atoms. The van der Waals surface area contributed by atoms with Gasteiger partial charge in [-0.3, -0.25) is 0 Å². The lowest BCUT2D eigenvalue weighted by Gasteiger charge is -2.05. The Bertz CT molecular complexity index is 29.6. The van der Waals surface area contributed by atoms with Crippen molar-refractivity contribution in [1.29, 1.82) is 0 Å². The summed E-state index contributed by atoms with van der Waals surface area (Å²) >= 11 is 0. The molecule has 0 amide bonds. The van der Waals surface area contributed by atoms with Crippen molar-refractivity contribution >= 4 is 0 Å². The highest BCUT2D eigenvalue weighted by molar-refractivity contribution is 4.57. The molecule has 1 nitrogen and oxygen atoms in total. The molecular weight excluding hydrogens is 93.1 g/mol. The number of alkyl halides is 1. The van der Waals surface area contributed by atoms with E-state index in [2.05, 4.69) is 5.32 Å². The van der Waals surface area contributed by atoms with Crippen LogP contribution in [0.15, 0.2) is 0 Å². The Balaban J connectivity index is 2.99. The number of nitrogens with one attached hydrogen (secondary N) is 1. The Kier molecular flexibility index (Phi) is 4.00. The summed E-state index contributed by atoms with van der Waals surface area (Å²) in [6.45, 7) is 1.70. The van der Waals surface area contributed by atoms with Crippen LogP contribution in [0.3, 0.4) is 0 Å². The van der Waals surface area contributed by atoms with Crippen molar-refractivity contribution in [3.63, 3.8) is 0 Å². The monoisotopic (exact) mass is 105 g/mol. The topological polar surface area (TPSA) is 12.0 Å². The molecule has 0 fully saturated rings. The fourth-order valence-corrected chi connectivity index (χ4v) is 0.390. The van der Waals surface area contributed by atoms with Gasteiger partial charge in [0.05, 0.1) is 0 Å². The Hall–Kier alpha value is -0.110. The number of halogens is 1. The molecule has 0 bridgehead atoms. The van der Waals surface area contributed by atoms with Gasteiger partial charge in [0, 0.05) is 6.04 Å². The molecule has 1 unspecified atom stereocenters. The van der Waals surface area contributed by atoms with Gasteiger partial charge in [0.2, 0.25) is 0 Å². The van der Waals surface area contributed by atoms with Crippen LogP contribution < -0.4 is 5.32 Å². The van der Waals surface area contributed by atoms with Crippen molar-refractivity contribution in [3.05, 3.63) is 0 Å². The molecule has 0 spiro atoms. The van der Waals surface area contributed by atoms with Gasteiger partial charge in [0.15, 0.2) is 0 Å². The fraction of sp³-hybridized carbons (Fsp3) is 1.00. The van der Waals surface area contributed by atoms with E-state index < -0.39 is 0 Å². The van der Waals surface area contributed by atoms with Crippen LogP contribution in [0.5, 0.6) is 0 Å². The van der Waals surface area contributed by atoms with E-state index in [1.165, 1.54) is 0 Å². The first-order chi connectivity index (χ1) is 3.35. The van der Waals surface area contributed by atoms with Gasteiger partial charge in [-0.05, 0) is 13.5 Å². The van der Waals surface area contributed by atoms with Crippen molar-refractivity contribution < 1.29 is 4.39 Å². The van der Waals surface area contributed by atoms with Crippen LogP contribution in [0.1, 0.15) is 13.3 Å². The highest BCUT2D eigenvalue weighted by Crippen LogP contribution is 1.87. The van der Waals surface area contributed by atoms with Gasteiger partial charge in [0.25, 0.3) is 0 Å². The highest BCUT2D eigenvalue weighted by Gasteiger charge is 1.97. The Morgan fingerprint density at radius 3 is 2.29 bits per heavy atom. The molecule has 0 aliphatic heterocycles. The molecule has 1 N–H and O–H groups in total. The molecule has 0 saturated carbocycles. The molecule has 0 aromatic rings. The third-order valence-corrected chi connectivity index (χ3v) is 1.09. The standard InChI is InChI=1S/C5H12FN/c1-3-5(4-6)7-2/h5,7H,3-4H2,1-2H3. The molecule has 0 aromatic carbocycles. The van der Waals surface area contributed by atoms with E-state index in [4.69, 9.17) is 0 Å². The quantitative estimate of drug-likeness (QED) is 0.563. The molecule has 0 heterocycles. The lowest BCUT2D eigenvalue weighted by atomic mass is 10.3. The lowest BCUT2D eigenvalue weighted by molar-refractivity contribution is 0.384. The Labute approximate surface area is 43.9 Å². The van der Waals surface area contributed by atoms with Gasteiger partial charge in [-0.2, -0.15) is 0 Å². The zero-order valence-electron chi connectivity index (χ0n) is 4.87. The second-order valence-corrected chi connectivity index (χ2v) is 1.55. The molecule has 0 aromatic heterocycles. The van der Waals surface area contributed by atoms with Gasteiger partial charge >= 0.3 is 0 Å². The summed E-state index contributed by atoms with van der Waals surface area (Å²) in [6.07, 6.45) is 0.868. The smallest absolute Gasteiger partial charge is 0.105 e. The molecule has 1 atom stereocenters. The molecule has 44 valence electrons. The Morgan fingerprint density at radius 2 is 2.29 bits per heavy atom. The molecule has 2 heteroatoms. The van der Waals surface area contributed by atoms with Crippen molar-refractivity contribution in [2.75, 3.05) is 13.7 Å². The molecule has 0 saturated heterocycles. The normalized spacial score (nSPS) is 14.1. The van der Waals surface area contributed by atoms with Crippen LogP contribution >= 0.6 is 0 Å². The largest absolute Gasteiger partial charge is 0.314 e. The Morgan fingerprint density at radius 1 is 1.71 bits per heavy atom. The van der Waals surface area contributed by atoms with Crippen LogP contribution in [-0.2, 0) is 0 Å². The highest BCUT2D eigenvalue weighted by atomic mass is 19.1. The molecular formula is C5H12FN. The maximum atomic E-state index is 11.6. The first-order valence-corrected chi connectivity index (χ1v) is 2.58. The van der Waals surface area contributed by atoms with E-state index in [1.807, 2.05) is 6.92 Å². The summed E-state index contributed by atoms with van der Waals surface area (Å²) in [5, 5.41) is 2.83. The van der Waals surface area contributed by atoms with Crippen molar-refractivity contribution in [2.45, 2.75) is 19.4 Å². The van der Waals surface area contributed by atoms with Crippen molar-refractivity contribution in [2.24, 2.45) is 0 Å². The molecule has 0 radical (unpaired) electrons. The van der Waals surface area contributed by atoms with E-state index in [0.717, 1.165) is 6.42 Å². The average Bonchev–Trinajstić information content (AvgIpc) is 1.72. The van der Waals surface area contributed by atoms with Crippen LogP contribution in [0, 0.1) is 0 Å². The first-order valence-electron chi connectivity index (χ1n) is 2.58. The molecule has 0 aliphatic carbocycles. The maximum Gasteiger partial charge on any atom is 0.105 e. The van der Waals surface area contributed by atoms with Crippen LogP contribution in [0.4, 0.5) is 4.39 Å². The average molecular weight is 105 g/mol. The van der Waals surface area contributed by atoms with E-state index >= 15 is 0 Å². The summed E-state index contributed by atoms with van der Waals surface area (Å²) in [6, 6.07) is 0.0694. The van der Waals surface area contributed by atoms with Crippen molar-refractivity contribution in [3.8, 4) is 0 Å². The summed E-state index contributed by atoms with van der Waals surface area (Å²) < 4.78 is 11.6. The van der Waals surface area contributed by atoms with Gasteiger partial charge < -0.3 is 5.32 Å². The number of hydrogen-bond acceptors (Lipinski definition) is 1. The maximum absolute atomic E-state index is 11.6. The van der Waals surface area contributed by atoms with E-state index in [1.54, 1.807) is 7.05 Å². The fourth-order valence-electron chi connectivity index (χ4n) is 0.390. The minimum absolute atomic E-state index is 0.0694. The summed E-state index contributed by atoms with van der Waals surface area (Å²) in [4.78, 5) is 0. The summed E-state index contributed by atoms with van der Waals surface area (Å²) in [7, 11) is 1.77. The predicted octanol–water partition coefficient (Wildman–Crippen LogP) is 0.954. The third kappa shape index (κ3) is 2.57. The van der Waals surface area contributed by atoms with Gasteiger partial charge in [-0.15, -0.1) is 0 Å². The first kappa shape index (κ1) is 6.89. The zero-order valence-corrected chi connectivity index (χ0v) is 4.87. The lowest BCUT2D eigenvalue weighted by Crippen LogP contribution is -2.25. The minimum Gasteiger partial charge on any atom is -0.314 e. The van der Waals surface area contributed by atoms with Gasteiger partial charge in [-0.1, -0.05) is 6.92 Å². The van der Waals surface area contributed by atoms with Gasteiger partial charge in [-0.25, -0.2) is 4.39 Å². The minimum atomic E-state index is -0.257. The predicted molar refractivity (Wildman–Crippen MR) is 29.1 cm³/mol. The van der Waals surface area contributed by atoms with Gasteiger partial charge in [0.1, 0.15) is 6.67 Å². The zero-order chi connectivity index (χ0) is 5.70. The second-order valence-electron chi connectivity index (χ2n) is 1.55. The number of hydrogen-bond donors (Lipinski definition) is 1. The van der Waals surface area contributed by atoms with Crippen LogP contribution in [-0.4, -0.2) is 19.8 Å². The van der Waals surface area contributed by atoms with Crippen LogP contribution in [0.25, 0.3) is 0 Å². The summed E-state index contributed by atoms with van der Waals surface area (Å²) in [5.41, 5.74) is 0. The van der Waals surface area contributed by atoms with E-state index in [0.29, 0.717) is 0 Å².